The van der Waals surface area contributed by atoms with Crippen LogP contribution in [0.1, 0.15) is 65.6 Å². The van der Waals surface area contributed by atoms with Crippen molar-refractivity contribution in [1.29, 1.82) is 0 Å². The molecule has 5 aromatic rings. The van der Waals surface area contributed by atoms with Gasteiger partial charge >= 0.3 is 0 Å². The van der Waals surface area contributed by atoms with Crippen LogP contribution in [0.2, 0.25) is 0 Å². The number of hydrogen-bond donors (Lipinski definition) is 2. The first-order valence-electron chi connectivity index (χ1n) is 14.6. The lowest BCUT2D eigenvalue weighted by atomic mass is 9.82. The predicted molar refractivity (Wildman–Crippen MR) is 166 cm³/mol. The number of fused-ring (bicyclic) bond motifs is 3. The average Bonchev–Trinajstić information content (AvgIpc) is 3.60. The van der Waals surface area contributed by atoms with Gasteiger partial charge in [-0.2, -0.15) is 0 Å². The molecule has 4 heteroatoms. The molecule has 0 radical (unpaired) electrons. The molecule has 3 aromatic carbocycles. The molecule has 2 heterocycles. The maximum Gasteiger partial charge on any atom is 0.141 e. The molecule has 2 N–H and O–H groups in total. The van der Waals surface area contributed by atoms with E-state index in [0.29, 0.717) is 5.92 Å². The first-order chi connectivity index (χ1) is 19.5. The van der Waals surface area contributed by atoms with E-state index in [2.05, 4.69) is 97.0 Å². The van der Waals surface area contributed by atoms with E-state index in [9.17, 15) is 5.11 Å². The number of benzene rings is 3. The van der Waals surface area contributed by atoms with Crippen LogP contribution in [-0.2, 0) is 6.54 Å². The number of nitrogens with zero attached hydrogens (tertiary/aromatic N) is 2. The monoisotopic (exact) mass is 529 g/mol. The van der Waals surface area contributed by atoms with Crippen molar-refractivity contribution >= 4 is 21.9 Å². The number of hydrogen-bond acceptors (Lipinski definition) is 3. The molecule has 0 bridgehead atoms. The number of rotatable bonds is 9. The molecule has 1 aliphatic carbocycles. The summed E-state index contributed by atoms with van der Waals surface area (Å²) in [4.78, 5) is 4.97. The predicted octanol–water partition coefficient (Wildman–Crippen LogP) is 7.97. The number of aliphatic hydroxyl groups is 1. The van der Waals surface area contributed by atoms with E-state index in [1.807, 2.05) is 18.2 Å². The lowest BCUT2D eigenvalue weighted by molar-refractivity contribution is 0.248. The minimum absolute atomic E-state index is 0.0329. The van der Waals surface area contributed by atoms with Crippen LogP contribution >= 0.6 is 0 Å². The number of aryl methyl sites for hydroxylation is 2. The van der Waals surface area contributed by atoms with Crippen LogP contribution in [0.5, 0.6) is 0 Å². The van der Waals surface area contributed by atoms with Crippen LogP contribution in [0.4, 0.5) is 0 Å². The quantitative estimate of drug-likeness (QED) is 0.204. The van der Waals surface area contributed by atoms with Gasteiger partial charge in [0.1, 0.15) is 5.65 Å². The smallest absolute Gasteiger partial charge is 0.141 e. The van der Waals surface area contributed by atoms with Crippen LogP contribution < -0.4 is 5.32 Å². The largest absolute Gasteiger partial charge is 0.394 e. The van der Waals surface area contributed by atoms with Gasteiger partial charge in [0.25, 0.3) is 0 Å². The van der Waals surface area contributed by atoms with E-state index >= 15 is 0 Å². The van der Waals surface area contributed by atoms with Crippen molar-refractivity contribution in [3.05, 3.63) is 125 Å². The Morgan fingerprint density at radius 3 is 2.38 bits per heavy atom. The van der Waals surface area contributed by atoms with Crippen LogP contribution in [-0.4, -0.2) is 21.3 Å². The molecule has 1 aliphatic rings. The fourth-order valence-electron chi connectivity index (χ4n) is 6.83. The topological polar surface area (TPSA) is 50.1 Å². The Hall–Kier alpha value is -3.89. The van der Waals surface area contributed by atoms with Gasteiger partial charge in [-0.05, 0) is 67.0 Å². The summed E-state index contributed by atoms with van der Waals surface area (Å²) in [6.07, 6.45) is 4.98. The Kier molecular flexibility index (Phi) is 7.44. The summed E-state index contributed by atoms with van der Waals surface area (Å²) < 4.78 is 2.36. The highest BCUT2D eigenvalue weighted by atomic mass is 16.3. The molecule has 1 fully saturated rings. The standard InChI is InChI=1S/C36H39N3O/c1-24-21-25(2)37-36-34(24)31-15-9-10-16-33(31)39(36)22-27-17-19-30(20-18-27)35(29-13-7-8-14-29)26(3)38-32(23-40)28-11-5-4-6-12-28/h4-6,9-12,15-21,29,32,35,38,40H,3,7-8,13-14,22-23H2,1-2H3. The lowest BCUT2D eigenvalue weighted by Gasteiger charge is -2.30. The Morgan fingerprint density at radius 2 is 1.65 bits per heavy atom. The zero-order chi connectivity index (χ0) is 27.6. The van der Waals surface area contributed by atoms with Gasteiger partial charge in [-0.15, -0.1) is 0 Å². The Bertz CT molecular complexity index is 1630. The average molecular weight is 530 g/mol. The molecule has 0 aliphatic heterocycles. The molecule has 2 unspecified atom stereocenters. The van der Waals surface area contributed by atoms with Gasteiger partial charge in [-0.25, -0.2) is 4.98 Å². The van der Waals surface area contributed by atoms with E-state index in [1.54, 1.807) is 0 Å². The van der Waals surface area contributed by atoms with E-state index in [-0.39, 0.29) is 18.6 Å². The number of aliphatic hydroxyl groups excluding tert-OH is 1. The van der Waals surface area contributed by atoms with Crippen molar-refractivity contribution in [3.8, 4) is 0 Å². The summed E-state index contributed by atoms with van der Waals surface area (Å²) in [6, 6.07) is 30.0. The van der Waals surface area contributed by atoms with Gasteiger partial charge in [-0.1, -0.05) is 92.2 Å². The minimum atomic E-state index is -0.161. The first kappa shape index (κ1) is 26.3. The van der Waals surface area contributed by atoms with Crippen molar-refractivity contribution in [2.75, 3.05) is 6.61 Å². The highest BCUT2D eigenvalue weighted by Gasteiger charge is 2.29. The third-order valence-corrected chi connectivity index (χ3v) is 8.72. The van der Waals surface area contributed by atoms with Crippen LogP contribution in [0, 0.1) is 19.8 Å². The minimum Gasteiger partial charge on any atom is -0.394 e. The summed E-state index contributed by atoms with van der Waals surface area (Å²) >= 11 is 0. The van der Waals surface area contributed by atoms with Crippen molar-refractivity contribution in [2.24, 2.45) is 5.92 Å². The second-order valence-corrected chi connectivity index (χ2v) is 11.5. The molecule has 2 atom stereocenters. The summed E-state index contributed by atoms with van der Waals surface area (Å²) in [7, 11) is 0. The second kappa shape index (κ2) is 11.3. The highest BCUT2D eigenvalue weighted by Crippen LogP contribution is 2.41. The molecule has 1 saturated carbocycles. The van der Waals surface area contributed by atoms with Gasteiger partial charge in [-0.3, -0.25) is 0 Å². The summed E-state index contributed by atoms with van der Waals surface area (Å²) in [6.45, 7) is 9.59. The zero-order valence-corrected chi connectivity index (χ0v) is 23.6. The highest BCUT2D eigenvalue weighted by molar-refractivity contribution is 6.08. The molecular weight excluding hydrogens is 490 g/mol. The van der Waals surface area contributed by atoms with Crippen molar-refractivity contribution in [3.63, 3.8) is 0 Å². The van der Waals surface area contributed by atoms with Gasteiger partial charge in [0.2, 0.25) is 0 Å². The van der Waals surface area contributed by atoms with Crippen LogP contribution in [0.15, 0.2) is 97.2 Å². The molecule has 0 saturated heterocycles. The summed E-state index contributed by atoms with van der Waals surface area (Å²) in [5.41, 5.74) is 9.23. The third-order valence-electron chi connectivity index (χ3n) is 8.72. The third kappa shape index (κ3) is 5.04. The van der Waals surface area contributed by atoms with Gasteiger partial charge in [0, 0.05) is 34.6 Å². The molecule has 0 spiro atoms. The van der Waals surface area contributed by atoms with E-state index in [0.717, 1.165) is 29.1 Å². The fraction of sp³-hybridized carbons (Fsp3) is 0.306. The van der Waals surface area contributed by atoms with Gasteiger partial charge in [0.15, 0.2) is 0 Å². The van der Waals surface area contributed by atoms with Crippen molar-refractivity contribution in [1.82, 2.24) is 14.9 Å². The molecule has 0 amide bonds. The summed E-state index contributed by atoms with van der Waals surface area (Å²) in [5.74, 6) is 0.781. The molecule has 204 valence electrons. The summed E-state index contributed by atoms with van der Waals surface area (Å²) in [5, 5.41) is 16.3. The number of aromatic nitrogens is 2. The van der Waals surface area contributed by atoms with Crippen molar-refractivity contribution < 1.29 is 5.11 Å². The van der Waals surface area contributed by atoms with Crippen LogP contribution in [0.25, 0.3) is 21.9 Å². The number of para-hydroxylation sites is 1. The number of allylic oxidation sites excluding steroid dienone is 1. The molecule has 40 heavy (non-hydrogen) atoms. The molecule has 2 aromatic heterocycles. The Morgan fingerprint density at radius 1 is 0.950 bits per heavy atom. The Balaban J connectivity index is 1.30. The van der Waals surface area contributed by atoms with Gasteiger partial charge < -0.3 is 15.0 Å². The lowest BCUT2D eigenvalue weighted by Crippen LogP contribution is -2.29. The number of nitrogens with one attached hydrogen (secondary N) is 1. The first-order valence-corrected chi connectivity index (χ1v) is 14.6. The van der Waals surface area contributed by atoms with E-state index in [1.165, 1.54) is 58.7 Å². The zero-order valence-electron chi connectivity index (χ0n) is 23.6. The number of pyridine rings is 1. The Labute approximate surface area is 237 Å². The fourth-order valence-corrected chi connectivity index (χ4v) is 6.83. The second-order valence-electron chi connectivity index (χ2n) is 11.5. The molecule has 6 rings (SSSR count). The maximum absolute atomic E-state index is 10.2. The van der Waals surface area contributed by atoms with Gasteiger partial charge in [0.05, 0.1) is 18.2 Å². The normalized spacial score (nSPS) is 15.5. The molecular formula is C36H39N3O. The SMILES string of the molecule is C=C(NC(CO)c1ccccc1)C(c1ccc(Cn2c3ccccc3c3c(C)cc(C)nc32)cc1)C1CCCC1. The molecule has 4 nitrogen and oxygen atoms in total. The van der Waals surface area contributed by atoms with E-state index < -0.39 is 0 Å². The van der Waals surface area contributed by atoms with Crippen molar-refractivity contribution in [2.45, 2.75) is 58.0 Å². The maximum atomic E-state index is 10.2. The van der Waals surface area contributed by atoms with Crippen LogP contribution in [0.3, 0.4) is 0 Å². The van der Waals surface area contributed by atoms with E-state index in [4.69, 9.17) is 4.98 Å².